The van der Waals surface area contributed by atoms with Crippen LogP contribution < -0.4 is 0 Å². The summed E-state index contributed by atoms with van der Waals surface area (Å²) in [6.07, 6.45) is 2.24. The van der Waals surface area contributed by atoms with Gasteiger partial charge in [-0.1, -0.05) is 35.5 Å². The Balaban J connectivity index is 1.45. The van der Waals surface area contributed by atoms with Crippen LogP contribution in [0.5, 0.6) is 0 Å². The molecule has 1 aliphatic rings. The van der Waals surface area contributed by atoms with E-state index in [0.29, 0.717) is 18.4 Å². The maximum absolute atomic E-state index is 5.05. The topological polar surface area (TPSA) is 83.7 Å². The summed E-state index contributed by atoms with van der Waals surface area (Å²) in [5.74, 6) is 3.44. The van der Waals surface area contributed by atoms with Gasteiger partial charge in [0.05, 0.1) is 6.54 Å². The van der Waals surface area contributed by atoms with Crippen molar-refractivity contribution in [1.82, 2.24) is 30.2 Å². The zero-order valence-electron chi connectivity index (χ0n) is 13.6. The second kappa shape index (κ2) is 6.52. The van der Waals surface area contributed by atoms with E-state index in [0.717, 1.165) is 49.0 Å². The van der Waals surface area contributed by atoms with Crippen molar-refractivity contribution in [2.24, 2.45) is 0 Å². The van der Waals surface area contributed by atoms with Gasteiger partial charge >= 0.3 is 0 Å². The lowest BCUT2D eigenvalue weighted by Gasteiger charge is -2.30. The van der Waals surface area contributed by atoms with E-state index in [2.05, 4.69) is 25.2 Å². The molecule has 124 valence electrons. The highest BCUT2D eigenvalue weighted by molar-refractivity contribution is 5.53. The molecule has 3 aromatic rings. The second-order valence-corrected chi connectivity index (χ2v) is 6.21. The number of rotatable bonds is 4. The quantitative estimate of drug-likeness (QED) is 0.794. The molecule has 0 spiro atoms. The monoisotopic (exact) mass is 324 g/mol. The first-order valence-corrected chi connectivity index (χ1v) is 8.27. The number of nitrogens with zero attached hydrogens (tertiary/aromatic N) is 5. The first-order valence-electron chi connectivity index (χ1n) is 8.27. The van der Waals surface area contributed by atoms with Crippen LogP contribution >= 0.6 is 0 Å². The Kier molecular flexibility index (Phi) is 4.08. The largest absolute Gasteiger partial charge is 0.340 e. The molecule has 1 atom stereocenters. The highest BCUT2D eigenvalue weighted by atomic mass is 16.5. The van der Waals surface area contributed by atoms with E-state index in [9.17, 15) is 0 Å². The highest BCUT2D eigenvalue weighted by Crippen LogP contribution is 2.26. The van der Waals surface area contributed by atoms with E-state index in [1.807, 2.05) is 37.3 Å². The van der Waals surface area contributed by atoms with E-state index in [4.69, 9.17) is 9.51 Å². The first kappa shape index (κ1) is 15.0. The van der Waals surface area contributed by atoms with Crippen molar-refractivity contribution in [2.45, 2.75) is 32.2 Å². The van der Waals surface area contributed by atoms with Gasteiger partial charge in [0.15, 0.2) is 11.6 Å². The molecule has 0 saturated carbocycles. The molecule has 0 amide bonds. The Morgan fingerprint density at radius 1 is 1.25 bits per heavy atom. The summed E-state index contributed by atoms with van der Waals surface area (Å²) < 4.78 is 5.05. The molecule has 0 aliphatic carbocycles. The minimum Gasteiger partial charge on any atom is -0.340 e. The minimum absolute atomic E-state index is 0.358. The number of aryl methyl sites for hydroxylation is 1. The summed E-state index contributed by atoms with van der Waals surface area (Å²) in [5, 5.41) is 11.5. The Morgan fingerprint density at radius 2 is 2.12 bits per heavy atom. The van der Waals surface area contributed by atoms with E-state index >= 15 is 0 Å². The summed E-state index contributed by atoms with van der Waals surface area (Å²) in [7, 11) is 0. The number of nitrogens with one attached hydrogen (secondary N) is 1. The fourth-order valence-corrected chi connectivity index (χ4v) is 3.20. The highest BCUT2D eigenvalue weighted by Gasteiger charge is 2.25. The fraction of sp³-hybridized carbons (Fsp3) is 0.412. The van der Waals surface area contributed by atoms with E-state index < -0.39 is 0 Å². The van der Waals surface area contributed by atoms with Crippen molar-refractivity contribution in [1.29, 1.82) is 0 Å². The predicted octanol–water partition coefficient (Wildman–Crippen LogP) is 2.54. The molecule has 1 aliphatic heterocycles. The third-order valence-electron chi connectivity index (χ3n) is 4.36. The van der Waals surface area contributed by atoms with Crippen molar-refractivity contribution < 1.29 is 4.52 Å². The Labute approximate surface area is 140 Å². The van der Waals surface area contributed by atoms with Gasteiger partial charge in [-0.3, -0.25) is 10.00 Å². The van der Waals surface area contributed by atoms with Gasteiger partial charge in [-0.05, 0) is 19.4 Å². The molecule has 2 aromatic heterocycles. The number of likely N-dealkylation sites (tertiary alicyclic amines) is 1. The molecule has 1 saturated heterocycles. The van der Waals surface area contributed by atoms with Gasteiger partial charge in [0, 0.05) is 24.9 Å². The Hall–Kier alpha value is -2.54. The van der Waals surface area contributed by atoms with Crippen LogP contribution in [0.2, 0.25) is 0 Å². The average Bonchev–Trinajstić information content (AvgIpc) is 3.25. The molecule has 1 N–H and O–H groups in total. The second-order valence-electron chi connectivity index (χ2n) is 6.21. The number of H-pyrrole nitrogens is 1. The van der Waals surface area contributed by atoms with E-state index in [-0.39, 0.29) is 0 Å². The van der Waals surface area contributed by atoms with Crippen LogP contribution in [0.3, 0.4) is 0 Å². The van der Waals surface area contributed by atoms with Gasteiger partial charge in [-0.2, -0.15) is 10.1 Å². The molecule has 0 radical (unpaired) electrons. The number of hydrogen-bond acceptors (Lipinski definition) is 6. The number of aromatic amines is 1. The van der Waals surface area contributed by atoms with Crippen molar-refractivity contribution in [2.75, 3.05) is 13.1 Å². The van der Waals surface area contributed by atoms with Crippen molar-refractivity contribution in [3.8, 4) is 11.4 Å². The van der Waals surface area contributed by atoms with Crippen molar-refractivity contribution in [3.63, 3.8) is 0 Å². The lowest BCUT2D eigenvalue weighted by Crippen LogP contribution is -2.34. The van der Waals surface area contributed by atoms with Gasteiger partial charge in [0.25, 0.3) is 0 Å². The molecular formula is C17H20N6O. The minimum atomic E-state index is 0.358. The molecule has 1 aromatic carbocycles. The number of hydrogen-bond donors (Lipinski definition) is 1. The summed E-state index contributed by atoms with van der Waals surface area (Å²) in [4.78, 5) is 11.3. The molecule has 7 nitrogen and oxygen atoms in total. The Morgan fingerprint density at radius 3 is 2.92 bits per heavy atom. The van der Waals surface area contributed by atoms with Crippen LogP contribution in [0.1, 0.15) is 36.3 Å². The number of piperidine rings is 1. The summed E-state index contributed by atoms with van der Waals surface area (Å²) in [6.45, 7) is 4.50. The summed E-state index contributed by atoms with van der Waals surface area (Å²) >= 11 is 0. The third kappa shape index (κ3) is 3.21. The molecule has 0 unspecified atom stereocenters. The zero-order chi connectivity index (χ0) is 16.4. The van der Waals surface area contributed by atoms with Gasteiger partial charge in [0.2, 0.25) is 5.89 Å². The Bertz CT molecular complexity index is 796. The van der Waals surface area contributed by atoms with Crippen LogP contribution in [-0.4, -0.2) is 43.3 Å². The lowest BCUT2D eigenvalue weighted by molar-refractivity contribution is 0.190. The van der Waals surface area contributed by atoms with Gasteiger partial charge in [0.1, 0.15) is 5.82 Å². The van der Waals surface area contributed by atoms with Crippen LogP contribution in [0, 0.1) is 6.92 Å². The summed E-state index contributed by atoms with van der Waals surface area (Å²) in [5.41, 5.74) is 1.04. The van der Waals surface area contributed by atoms with Gasteiger partial charge < -0.3 is 4.52 Å². The molecule has 7 heteroatoms. The predicted molar refractivity (Wildman–Crippen MR) is 88.1 cm³/mol. The van der Waals surface area contributed by atoms with Gasteiger partial charge in [-0.25, -0.2) is 4.98 Å². The van der Waals surface area contributed by atoms with Crippen LogP contribution in [0.25, 0.3) is 11.4 Å². The van der Waals surface area contributed by atoms with Crippen molar-refractivity contribution in [3.05, 3.63) is 47.9 Å². The maximum atomic E-state index is 5.05. The zero-order valence-corrected chi connectivity index (χ0v) is 13.6. The standard InChI is InChI=1S/C17H20N6O/c1-12-18-15(22-24-12)11-23-9-5-8-14(10-23)17-19-16(20-21-17)13-6-3-2-4-7-13/h2-4,6-7,14H,5,8-11H2,1H3,(H,19,20,21)/t14-/m0/s1. The van der Waals surface area contributed by atoms with Crippen LogP contribution in [0.4, 0.5) is 0 Å². The van der Waals surface area contributed by atoms with Crippen LogP contribution in [0.15, 0.2) is 34.9 Å². The molecular weight excluding hydrogens is 304 g/mol. The first-order chi connectivity index (χ1) is 11.8. The molecule has 3 heterocycles. The fourth-order valence-electron chi connectivity index (χ4n) is 3.20. The van der Waals surface area contributed by atoms with E-state index in [1.54, 1.807) is 0 Å². The van der Waals surface area contributed by atoms with Gasteiger partial charge in [-0.15, -0.1) is 0 Å². The van der Waals surface area contributed by atoms with Crippen LogP contribution in [-0.2, 0) is 6.54 Å². The molecule has 0 bridgehead atoms. The smallest absolute Gasteiger partial charge is 0.223 e. The number of aromatic nitrogens is 5. The van der Waals surface area contributed by atoms with Crippen molar-refractivity contribution >= 4 is 0 Å². The number of benzene rings is 1. The average molecular weight is 324 g/mol. The third-order valence-corrected chi connectivity index (χ3v) is 4.36. The SMILES string of the molecule is Cc1nc(CN2CCC[C@H](c3nc(-c4ccccc4)n[nH]3)C2)no1. The molecule has 24 heavy (non-hydrogen) atoms. The maximum Gasteiger partial charge on any atom is 0.223 e. The molecule has 4 rings (SSSR count). The lowest BCUT2D eigenvalue weighted by atomic mass is 9.97. The summed E-state index contributed by atoms with van der Waals surface area (Å²) in [6, 6.07) is 10.0. The van der Waals surface area contributed by atoms with E-state index in [1.165, 1.54) is 0 Å². The molecule has 1 fully saturated rings. The normalized spacial score (nSPS) is 18.8.